The minimum absolute atomic E-state index is 0.0490. The summed E-state index contributed by atoms with van der Waals surface area (Å²) in [5.41, 5.74) is 1.19. The van der Waals surface area contributed by atoms with Crippen molar-refractivity contribution in [1.29, 1.82) is 0 Å². The first kappa shape index (κ1) is 29.9. The number of hydrogen-bond acceptors (Lipinski definition) is 5. The molecule has 3 aliphatic rings. The van der Waals surface area contributed by atoms with E-state index in [9.17, 15) is 18.0 Å². The lowest BCUT2D eigenvalue weighted by Gasteiger charge is -2.48. The Bertz CT molecular complexity index is 1520. The van der Waals surface area contributed by atoms with Gasteiger partial charge >= 0.3 is 6.18 Å². The molecule has 11 heteroatoms. The second-order valence-electron chi connectivity index (χ2n) is 12.9. The Morgan fingerprint density at radius 3 is 2.47 bits per heavy atom. The Labute approximate surface area is 251 Å². The first-order valence-corrected chi connectivity index (χ1v) is 15.0. The predicted molar refractivity (Wildman–Crippen MR) is 158 cm³/mol. The van der Waals surface area contributed by atoms with E-state index >= 15 is 0 Å². The van der Waals surface area contributed by atoms with Crippen molar-refractivity contribution in [2.45, 2.75) is 63.5 Å². The van der Waals surface area contributed by atoms with E-state index in [1.165, 1.54) is 11.0 Å². The highest BCUT2D eigenvalue weighted by molar-refractivity contribution is 6.10. The number of nitrogens with zero attached hydrogens (tertiary/aromatic N) is 6. The number of aromatic nitrogens is 3. The van der Waals surface area contributed by atoms with E-state index in [1.54, 1.807) is 24.0 Å². The summed E-state index contributed by atoms with van der Waals surface area (Å²) in [4.78, 5) is 21.6. The second kappa shape index (κ2) is 10.8. The zero-order chi connectivity index (χ0) is 30.8. The van der Waals surface area contributed by atoms with Gasteiger partial charge in [-0.25, -0.2) is 4.80 Å². The average molecular weight is 599 g/mol. The van der Waals surface area contributed by atoms with Gasteiger partial charge in [0, 0.05) is 64.7 Å². The molecule has 2 aliphatic heterocycles. The van der Waals surface area contributed by atoms with Gasteiger partial charge in [-0.05, 0) is 66.8 Å². The molecule has 43 heavy (non-hydrogen) atoms. The summed E-state index contributed by atoms with van der Waals surface area (Å²) >= 11 is 0. The van der Waals surface area contributed by atoms with Crippen molar-refractivity contribution in [3.8, 4) is 0 Å². The fourth-order valence-electron chi connectivity index (χ4n) is 7.25. The quantitative estimate of drug-likeness (QED) is 0.391. The van der Waals surface area contributed by atoms with Crippen molar-refractivity contribution in [1.82, 2.24) is 24.4 Å². The first-order chi connectivity index (χ1) is 20.3. The fraction of sp³-hybridized carbons (Fsp3) is 0.562. The summed E-state index contributed by atoms with van der Waals surface area (Å²) in [6, 6.07) is 10.8. The normalized spacial score (nSPS) is 25.1. The van der Waals surface area contributed by atoms with Crippen LogP contribution in [0.3, 0.4) is 0 Å². The zero-order valence-corrected chi connectivity index (χ0v) is 25.8. The smallest absolute Gasteiger partial charge is 0.381 e. The maximum absolute atomic E-state index is 14.5. The van der Waals surface area contributed by atoms with Crippen molar-refractivity contribution in [2.75, 3.05) is 38.7 Å². The molecule has 0 N–H and O–H groups in total. The van der Waals surface area contributed by atoms with Crippen LogP contribution in [0.15, 0.2) is 36.4 Å². The maximum atomic E-state index is 14.5. The number of halogens is 3. The number of ether oxygens (including phenoxy) is 1. The first-order valence-electron chi connectivity index (χ1n) is 15.0. The van der Waals surface area contributed by atoms with E-state index in [4.69, 9.17) is 4.74 Å². The van der Waals surface area contributed by atoms with Crippen molar-refractivity contribution >= 4 is 11.6 Å². The maximum Gasteiger partial charge on any atom is 0.416 e. The summed E-state index contributed by atoms with van der Waals surface area (Å²) in [7, 11) is 7.60. The number of anilines is 1. The summed E-state index contributed by atoms with van der Waals surface area (Å²) in [6.45, 7) is 7.04. The summed E-state index contributed by atoms with van der Waals surface area (Å²) in [5, 5.41) is 4.64. The molecule has 6 rings (SSSR count). The van der Waals surface area contributed by atoms with Gasteiger partial charge in [0.1, 0.15) is 0 Å². The Morgan fingerprint density at radius 2 is 1.84 bits per heavy atom. The van der Waals surface area contributed by atoms with E-state index in [0.29, 0.717) is 23.7 Å². The Hall–Kier alpha value is -3.15. The number of benzene rings is 2. The average Bonchev–Trinajstić information content (AvgIpc) is 3.28. The molecule has 3 heterocycles. The van der Waals surface area contributed by atoms with E-state index in [-0.39, 0.29) is 35.2 Å². The number of piperazine rings is 1. The van der Waals surface area contributed by atoms with Gasteiger partial charge in [-0.3, -0.25) is 14.4 Å². The van der Waals surface area contributed by atoms with Crippen LogP contribution < -0.4 is 4.90 Å². The standard InChI is InChI=1S/C32H41F3N6O2/c1-20(2)28-19-37(3)10-11-40(28)17-21-12-25-26(27(13-21)32(33,34)35)18-41(29(25)42)23-9-7-8-22(14-23)31(15-24(16-31)43-6)30-36-39(5)38(30)4/h7-9,12-14,20,24,28H,10-11,15-19H2,1-6H3/t24?,28-,31?/m1/s1. The Morgan fingerprint density at radius 1 is 1.09 bits per heavy atom. The number of alkyl halides is 3. The number of likely N-dealkylation sites (N-methyl/N-ethyl adjacent to an activating group) is 1. The molecule has 8 nitrogen and oxygen atoms in total. The molecule has 0 spiro atoms. The molecule has 1 atom stereocenters. The molecule has 0 radical (unpaired) electrons. The van der Waals surface area contributed by atoms with Crippen molar-refractivity contribution in [3.05, 3.63) is 70.0 Å². The lowest BCUT2D eigenvalue weighted by molar-refractivity contribution is -0.138. The largest absolute Gasteiger partial charge is 0.416 e. The van der Waals surface area contributed by atoms with Gasteiger partial charge in [0.25, 0.3) is 5.91 Å². The van der Waals surface area contributed by atoms with E-state index in [1.807, 2.05) is 37.0 Å². The number of carbonyl (C=O) groups excluding carboxylic acids is 1. The predicted octanol–water partition coefficient (Wildman–Crippen LogP) is 4.80. The van der Waals surface area contributed by atoms with E-state index in [0.717, 1.165) is 43.9 Å². The van der Waals surface area contributed by atoms with Gasteiger partial charge in [-0.1, -0.05) is 26.0 Å². The zero-order valence-electron chi connectivity index (χ0n) is 25.8. The highest BCUT2D eigenvalue weighted by Gasteiger charge is 2.51. The van der Waals surface area contributed by atoms with Gasteiger partial charge in [0.05, 0.1) is 23.6 Å². The van der Waals surface area contributed by atoms with Crippen molar-refractivity contribution in [2.24, 2.45) is 20.0 Å². The van der Waals surface area contributed by atoms with Gasteiger partial charge in [0.2, 0.25) is 0 Å². The molecule has 1 aliphatic carbocycles. The number of fused-ring (bicyclic) bond motifs is 1. The molecular weight excluding hydrogens is 557 g/mol. The summed E-state index contributed by atoms with van der Waals surface area (Å²) < 4.78 is 51.0. The fourth-order valence-corrected chi connectivity index (χ4v) is 7.25. The number of carbonyl (C=O) groups is 1. The number of amides is 1. The summed E-state index contributed by atoms with van der Waals surface area (Å²) in [5.74, 6) is 0.880. The van der Waals surface area contributed by atoms with Crippen LogP contribution in [-0.4, -0.2) is 76.2 Å². The highest BCUT2D eigenvalue weighted by atomic mass is 19.4. The van der Waals surface area contributed by atoms with Crippen LogP contribution in [0.1, 0.15) is 65.1 Å². The third-order valence-electron chi connectivity index (χ3n) is 9.90. The molecule has 1 saturated carbocycles. The monoisotopic (exact) mass is 598 g/mol. The van der Waals surface area contributed by atoms with Crippen LogP contribution >= 0.6 is 0 Å². The number of hydrogen-bond donors (Lipinski definition) is 0. The molecule has 232 valence electrons. The lowest BCUT2D eigenvalue weighted by atomic mass is 9.61. The summed E-state index contributed by atoms with van der Waals surface area (Å²) in [6.07, 6.45) is -3.00. The molecule has 1 amide bonds. The SMILES string of the molecule is COC1CC(c2cccc(N3Cc4c(cc(CN5CCN(C)C[C@@H]5C(C)C)cc4C(F)(F)F)C3=O)c2)(c2nn(C)n2C)C1. The van der Waals surface area contributed by atoms with Gasteiger partial charge in [-0.15, -0.1) is 5.10 Å². The van der Waals surface area contributed by atoms with E-state index in [2.05, 4.69) is 35.8 Å². The van der Waals surface area contributed by atoms with Crippen LogP contribution in [0.4, 0.5) is 18.9 Å². The molecule has 1 saturated heterocycles. The highest BCUT2D eigenvalue weighted by Crippen LogP contribution is 2.50. The second-order valence-corrected chi connectivity index (χ2v) is 12.9. The van der Waals surface area contributed by atoms with Gasteiger partial charge in [0.15, 0.2) is 5.82 Å². The van der Waals surface area contributed by atoms with Crippen LogP contribution in [0.5, 0.6) is 0 Å². The topological polar surface area (TPSA) is 58.8 Å². The van der Waals surface area contributed by atoms with Crippen molar-refractivity contribution in [3.63, 3.8) is 0 Å². The molecule has 0 bridgehead atoms. The number of methoxy groups -OCH3 is 1. The Kier molecular flexibility index (Phi) is 7.50. The molecule has 0 unspecified atom stereocenters. The molecule has 2 aromatic carbocycles. The lowest BCUT2D eigenvalue weighted by Crippen LogP contribution is -2.53. The minimum Gasteiger partial charge on any atom is -0.381 e. The van der Waals surface area contributed by atoms with Crippen LogP contribution in [0.25, 0.3) is 0 Å². The van der Waals surface area contributed by atoms with E-state index < -0.39 is 17.6 Å². The van der Waals surface area contributed by atoms with Crippen LogP contribution in [0, 0.1) is 5.92 Å². The Balaban J connectivity index is 1.33. The molecule has 2 fully saturated rings. The minimum atomic E-state index is -4.57. The third-order valence-corrected chi connectivity index (χ3v) is 9.90. The van der Waals surface area contributed by atoms with Crippen molar-refractivity contribution < 1.29 is 22.7 Å². The van der Waals surface area contributed by atoms with Gasteiger partial charge in [-0.2, -0.15) is 13.2 Å². The molecule has 3 aromatic rings. The number of aryl methyl sites for hydroxylation is 1. The molecular formula is C32H41F3N6O2. The van der Waals surface area contributed by atoms with Gasteiger partial charge < -0.3 is 14.5 Å². The van der Waals surface area contributed by atoms with Crippen LogP contribution in [0.2, 0.25) is 0 Å². The molecule has 1 aromatic heterocycles. The van der Waals surface area contributed by atoms with Crippen LogP contribution in [-0.2, 0) is 43.5 Å². The third kappa shape index (κ3) is 5.09. The number of rotatable bonds is 7.